The number of benzene rings is 1. The average Bonchev–Trinajstić information content (AvgIpc) is 2.69. The fourth-order valence-electron chi connectivity index (χ4n) is 2.63. The van der Waals surface area contributed by atoms with Crippen molar-refractivity contribution in [3.63, 3.8) is 0 Å². The summed E-state index contributed by atoms with van der Waals surface area (Å²) >= 11 is 0. The van der Waals surface area contributed by atoms with Crippen molar-refractivity contribution in [2.75, 3.05) is 52.8 Å². The number of carbonyl (C=O) groups is 3. The molecule has 0 aliphatic carbocycles. The molecular formula is C17H23N3O8S. The topological polar surface area (TPSA) is 146 Å². The number of methoxy groups -OCH3 is 1. The molecule has 1 aliphatic rings. The molecule has 1 aromatic carbocycles. The number of carbonyl (C=O) groups excluding carboxylic acids is 3. The molecule has 0 atom stereocenters. The van der Waals surface area contributed by atoms with Crippen molar-refractivity contribution in [1.82, 2.24) is 9.21 Å². The molecule has 2 rings (SSSR count). The molecule has 1 aliphatic heterocycles. The lowest BCUT2D eigenvalue weighted by molar-refractivity contribution is -0.135. The predicted octanol–water partition coefficient (Wildman–Crippen LogP) is -1.18. The molecule has 1 heterocycles. The highest BCUT2D eigenvalue weighted by Gasteiger charge is 2.26. The summed E-state index contributed by atoms with van der Waals surface area (Å²) < 4.78 is 39.6. The summed E-state index contributed by atoms with van der Waals surface area (Å²) in [6.07, 6.45) is 1.12. The highest BCUT2D eigenvalue weighted by Crippen LogP contribution is 2.28. The van der Waals surface area contributed by atoms with Gasteiger partial charge in [-0.25, -0.2) is 13.2 Å². The van der Waals surface area contributed by atoms with Gasteiger partial charge in [-0.05, 0) is 18.2 Å². The summed E-state index contributed by atoms with van der Waals surface area (Å²) in [5.74, 6) is -1.40. The molecule has 0 radical (unpaired) electrons. The number of nitrogens with zero attached hydrogens (tertiary/aromatic N) is 2. The van der Waals surface area contributed by atoms with Gasteiger partial charge >= 0.3 is 5.97 Å². The summed E-state index contributed by atoms with van der Waals surface area (Å²) in [4.78, 5) is 36.7. The number of sulfonamides is 1. The van der Waals surface area contributed by atoms with E-state index >= 15 is 0 Å². The van der Waals surface area contributed by atoms with Crippen LogP contribution >= 0.6 is 0 Å². The maximum Gasteiger partial charge on any atom is 0.338 e. The van der Waals surface area contributed by atoms with Gasteiger partial charge in [0.1, 0.15) is 0 Å². The number of esters is 1. The second-order valence-corrected chi connectivity index (χ2v) is 8.22. The minimum atomic E-state index is -3.29. The molecule has 0 bridgehead atoms. The van der Waals surface area contributed by atoms with Crippen LogP contribution in [0.5, 0.6) is 11.5 Å². The maximum atomic E-state index is 12.2. The van der Waals surface area contributed by atoms with Gasteiger partial charge in [0.25, 0.3) is 11.8 Å². The number of hydrogen-bond acceptors (Lipinski definition) is 8. The van der Waals surface area contributed by atoms with Gasteiger partial charge in [0, 0.05) is 26.2 Å². The summed E-state index contributed by atoms with van der Waals surface area (Å²) in [6.45, 7) is 0.0263. The fraction of sp³-hybridized carbons (Fsp3) is 0.471. The van der Waals surface area contributed by atoms with Gasteiger partial charge in [-0.1, -0.05) is 0 Å². The van der Waals surface area contributed by atoms with Crippen LogP contribution in [0.4, 0.5) is 0 Å². The van der Waals surface area contributed by atoms with E-state index in [-0.39, 0.29) is 49.8 Å². The average molecular weight is 429 g/mol. The van der Waals surface area contributed by atoms with Gasteiger partial charge in [0.05, 0.1) is 18.9 Å². The molecule has 0 aromatic heterocycles. The van der Waals surface area contributed by atoms with Gasteiger partial charge in [0.15, 0.2) is 24.7 Å². The highest BCUT2D eigenvalue weighted by molar-refractivity contribution is 7.88. The Kier molecular flexibility index (Phi) is 7.40. The smallest absolute Gasteiger partial charge is 0.338 e. The third kappa shape index (κ3) is 6.32. The molecule has 12 heteroatoms. The van der Waals surface area contributed by atoms with Gasteiger partial charge in [0.2, 0.25) is 10.0 Å². The fourth-order valence-corrected chi connectivity index (χ4v) is 3.46. The number of primary amides is 1. The lowest BCUT2D eigenvalue weighted by atomic mass is 10.2. The summed E-state index contributed by atoms with van der Waals surface area (Å²) in [5, 5.41) is 0. The number of amides is 2. The summed E-state index contributed by atoms with van der Waals surface area (Å²) in [5.41, 5.74) is 5.15. The van der Waals surface area contributed by atoms with Gasteiger partial charge in [-0.2, -0.15) is 4.31 Å². The monoisotopic (exact) mass is 429 g/mol. The first kappa shape index (κ1) is 22.4. The van der Waals surface area contributed by atoms with E-state index < -0.39 is 34.4 Å². The standard InChI is InChI=1S/C17H23N3O8S/c1-26-14-9-12(3-4-13(14)27-10-15(18)21)17(23)28-11-16(22)19-5-7-20(8-6-19)29(2,24)25/h3-4,9H,5-8,10-11H2,1-2H3,(H2,18,21). The van der Waals surface area contributed by atoms with Crippen molar-refractivity contribution in [3.05, 3.63) is 23.8 Å². The largest absolute Gasteiger partial charge is 0.493 e. The Balaban J connectivity index is 1.90. The molecule has 1 saturated heterocycles. The molecule has 29 heavy (non-hydrogen) atoms. The Morgan fingerprint density at radius 2 is 1.72 bits per heavy atom. The maximum absolute atomic E-state index is 12.2. The lowest BCUT2D eigenvalue weighted by Gasteiger charge is -2.33. The van der Waals surface area contributed by atoms with E-state index in [1.165, 1.54) is 34.5 Å². The van der Waals surface area contributed by atoms with Crippen molar-refractivity contribution in [2.24, 2.45) is 5.73 Å². The third-order valence-electron chi connectivity index (χ3n) is 4.16. The van der Waals surface area contributed by atoms with E-state index in [0.29, 0.717) is 0 Å². The van der Waals surface area contributed by atoms with Gasteiger partial charge in [-0.15, -0.1) is 0 Å². The molecule has 2 N–H and O–H groups in total. The Hall–Kier alpha value is -2.86. The van der Waals surface area contributed by atoms with E-state index in [9.17, 15) is 22.8 Å². The van der Waals surface area contributed by atoms with Crippen LogP contribution in [-0.4, -0.2) is 88.2 Å². The lowest BCUT2D eigenvalue weighted by Crippen LogP contribution is -2.51. The van der Waals surface area contributed by atoms with Crippen molar-refractivity contribution in [3.8, 4) is 11.5 Å². The van der Waals surface area contributed by atoms with E-state index in [2.05, 4.69) is 0 Å². The third-order valence-corrected chi connectivity index (χ3v) is 5.46. The first-order valence-corrected chi connectivity index (χ1v) is 10.5. The van der Waals surface area contributed by atoms with Crippen molar-refractivity contribution < 1.29 is 37.0 Å². The molecule has 0 unspecified atom stereocenters. The number of rotatable bonds is 8. The number of nitrogens with two attached hydrogens (primary N) is 1. The molecule has 160 valence electrons. The first-order valence-electron chi connectivity index (χ1n) is 8.61. The number of hydrogen-bond donors (Lipinski definition) is 1. The van der Waals surface area contributed by atoms with Crippen LogP contribution in [0, 0.1) is 0 Å². The van der Waals surface area contributed by atoms with E-state index in [4.69, 9.17) is 19.9 Å². The van der Waals surface area contributed by atoms with Crippen LogP contribution in [0.15, 0.2) is 18.2 Å². The van der Waals surface area contributed by atoms with Gasteiger partial charge < -0.3 is 24.8 Å². The van der Waals surface area contributed by atoms with E-state index in [0.717, 1.165) is 6.26 Å². The van der Waals surface area contributed by atoms with Crippen LogP contribution < -0.4 is 15.2 Å². The van der Waals surface area contributed by atoms with Crippen LogP contribution in [-0.2, 0) is 24.3 Å². The van der Waals surface area contributed by atoms with Crippen molar-refractivity contribution in [1.29, 1.82) is 0 Å². The molecule has 0 saturated carbocycles. The van der Waals surface area contributed by atoms with Gasteiger partial charge in [-0.3, -0.25) is 9.59 Å². The van der Waals surface area contributed by atoms with E-state index in [1.807, 2.05) is 0 Å². The second-order valence-electron chi connectivity index (χ2n) is 6.24. The Labute approximate surface area is 168 Å². The minimum absolute atomic E-state index is 0.128. The zero-order valence-electron chi connectivity index (χ0n) is 16.1. The zero-order chi connectivity index (χ0) is 21.6. The second kappa shape index (κ2) is 9.56. The van der Waals surface area contributed by atoms with Crippen LogP contribution in [0.25, 0.3) is 0 Å². The Morgan fingerprint density at radius 1 is 1.07 bits per heavy atom. The predicted molar refractivity (Wildman–Crippen MR) is 101 cm³/mol. The van der Waals surface area contributed by atoms with Crippen LogP contribution in [0.1, 0.15) is 10.4 Å². The number of ether oxygens (including phenoxy) is 3. The number of piperazine rings is 1. The van der Waals surface area contributed by atoms with Crippen molar-refractivity contribution in [2.45, 2.75) is 0 Å². The quantitative estimate of drug-likeness (QED) is 0.508. The summed E-state index contributed by atoms with van der Waals surface area (Å²) in [7, 11) is -1.93. The zero-order valence-corrected chi connectivity index (χ0v) is 16.9. The Bertz CT molecular complexity index is 879. The molecule has 0 spiro atoms. The van der Waals surface area contributed by atoms with Crippen molar-refractivity contribution >= 4 is 27.8 Å². The normalized spacial score (nSPS) is 14.9. The molecule has 1 fully saturated rings. The first-order chi connectivity index (χ1) is 13.6. The summed E-state index contributed by atoms with van der Waals surface area (Å²) in [6, 6.07) is 4.18. The molecule has 11 nitrogen and oxygen atoms in total. The highest BCUT2D eigenvalue weighted by atomic mass is 32.2. The molecule has 1 aromatic rings. The molecule has 2 amide bonds. The van der Waals surface area contributed by atoms with Crippen LogP contribution in [0.2, 0.25) is 0 Å². The molecular weight excluding hydrogens is 406 g/mol. The SMILES string of the molecule is COc1cc(C(=O)OCC(=O)N2CCN(S(C)(=O)=O)CC2)ccc1OCC(N)=O. The minimum Gasteiger partial charge on any atom is -0.493 e. The van der Waals surface area contributed by atoms with Crippen LogP contribution in [0.3, 0.4) is 0 Å². The van der Waals surface area contributed by atoms with E-state index in [1.54, 1.807) is 0 Å². The Morgan fingerprint density at radius 3 is 2.28 bits per heavy atom.